The first-order valence-electron chi connectivity index (χ1n) is 5.22. The van der Waals surface area contributed by atoms with Gasteiger partial charge in [-0.15, -0.1) is 0 Å². The summed E-state index contributed by atoms with van der Waals surface area (Å²) >= 11 is 1.32. The Morgan fingerprint density at radius 1 is 1.41 bits per heavy atom. The Labute approximate surface area is 103 Å². The predicted molar refractivity (Wildman–Crippen MR) is 67.4 cm³/mol. The molecule has 0 aliphatic heterocycles. The number of anilines is 1. The first-order valence-corrected chi connectivity index (χ1v) is 6.03. The van der Waals surface area contributed by atoms with Crippen molar-refractivity contribution in [3.63, 3.8) is 0 Å². The molecule has 0 amide bonds. The molecule has 0 aliphatic carbocycles. The molecule has 0 spiro atoms. The molecule has 0 bridgehead atoms. The lowest BCUT2D eigenvalue weighted by Crippen LogP contribution is -2.05. The number of aromatic amines is 1. The van der Waals surface area contributed by atoms with Crippen LogP contribution in [0.15, 0.2) is 45.4 Å². The highest BCUT2D eigenvalue weighted by Gasteiger charge is 2.01. The predicted octanol–water partition coefficient (Wildman–Crippen LogP) is 1.75. The molecule has 0 saturated heterocycles. The van der Waals surface area contributed by atoms with E-state index in [2.05, 4.69) is 20.3 Å². The SMILES string of the molecule is CCNc1cccc(Sc2nccc(=O)[nH]2)n1. The smallest absolute Gasteiger partial charge is 0.251 e. The van der Waals surface area contributed by atoms with E-state index in [-0.39, 0.29) is 5.56 Å². The summed E-state index contributed by atoms with van der Waals surface area (Å²) in [6, 6.07) is 7.06. The van der Waals surface area contributed by atoms with Gasteiger partial charge in [0.2, 0.25) is 0 Å². The van der Waals surface area contributed by atoms with E-state index < -0.39 is 0 Å². The van der Waals surface area contributed by atoms with E-state index in [1.807, 2.05) is 25.1 Å². The van der Waals surface area contributed by atoms with Crippen molar-refractivity contribution >= 4 is 17.6 Å². The van der Waals surface area contributed by atoms with Gasteiger partial charge in [0, 0.05) is 18.8 Å². The zero-order valence-electron chi connectivity index (χ0n) is 9.30. The van der Waals surface area contributed by atoms with Crippen LogP contribution in [0.4, 0.5) is 5.82 Å². The van der Waals surface area contributed by atoms with Crippen molar-refractivity contribution in [3.05, 3.63) is 40.8 Å². The van der Waals surface area contributed by atoms with Crippen molar-refractivity contribution < 1.29 is 0 Å². The second-order valence-electron chi connectivity index (χ2n) is 3.23. The highest BCUT2D eigenvalue weighted by atomic mass is 32.2. The minimum atomic E-state index is -0.162. The number of nitrogens with zero attached hydrogens (tertiary/aromatic N) is 2. The normalized spacial score (nSPS) is 10.2. The van der Waals surface area contributed by atoms with E-state index in [0.717, 1.165) is 17.4 Å². The number of aromatic nitrogens is 3. The summed E-state index contributed by atoms with van der Waals surface area (Å²) in [7, 11) is 0. The Morgan fingerprint density at radius 3 is 3.06 bits per heavy atom. The summed E-state index contributed by atoms with van der Waals surface area (Å²) in [6.45, 7) is 2.83. The lowest BCUT2D eigenvalue weighted by Gasteiger charge is -2.04. The molecule has 0 saturated carbocycles. The highest BCUT2D eigenvalue weighted by Crippen LogP contribution is 2.22. The van der Waals surface area contributed by atoms with E-state index in [1.165, 1.54) is 24.0 Å². The average Bonchev–Trinajstić information content (AvgIpc) is 2.30. The largest absolute Gasteiger partial charge is 0.370 e. The van der Waals surface area contributed by atoms with Gasteiger partial charge < -0.3 is 10.3 Å². The van der Waals surface area contributed by atoms with Gasteiger partial charge >= 0.3 is 0 Å². The quantitative estimate of drug-likeness (QED) is 0.807. The third kappa shape index (κ3) is 3.32. The van der Waals surface area contributed by atoms with Gasteiger partial charge in [0.25, 0.3) is 5.56 Å². The molecule has 0 aromatic carbocycles. The summed E-state index contributed by atoms with van der Waals surface area (Å²) < 4.78 is 0. The van der Waals surface area contributed by atoms with Gasteiger partial charge in [-0.05, 0) is 30.8 Å². The molecule has 0 aliphatic rings. The Kier molecular flexibility index (Phi) is 3.77. The van der Waals surface area contributed by atoms with Crippen molar-refractivity contribution in [2.45, 2.75) is 17.1 Å². The van der Waals surface area contributed by atoms with Crippen LogP contribution < -0.4 is 10.9 Å². The maximum absolute atomic E-state index is 11.1. The van der Waals surface area contributed by atoms with Gasteiger partial charge in [0.05, 0.1) is 0 Å². The van der Waals surface area contributed by atoms with E-state index in [9.17, 15) is 4.79 Å². The first-order chi connectivity index (χ1) is 8.28. The molecule has 6 heteroatoms. The Hall–Kier alpha value is -1.82. The van der Waals surface area contributed by atoms with Crippen LogP contribution in [0.3, 0.4) is 0 Å². The highest BCUT2D eigenvalue weighted by molar-refractivity contribution is 7.99. The molecule has 2 N–H and O–H groups in total. The molecular weight excluding hydrogens is 236 g/mol. The zero-order valence-corrected chi connectivity index (χ0v) is 10.1. The minimum Gasteiger partial charge on any atom is -0.370 e. The lowest BCUT2D eigenvalue weighted by molar-refractivity contribution is 0.931. The fourth-order valence-corrected chi connectivity index (χ4v) is 2.01. The average molecular weight is 248 g/mol. The molecule has 2 aromatic rings. The van der Waals surface area contributed by atoms with E-state index in [0.29, 0.717) is 5.16 Å². The van der Waals surface area contributed by atoms with Crippen molar-refractivity contribution in [2.75, 3.05) is 11.9 Å². The summed E-state index contributed by atoms with van der Waals surface area (Å²) in [4.78, 5) is 22.2. The third-order valence-electron chi connectivity index (χ3n) is 1.93. The Bertz CT molecular complexity index is 555. The molecule has 0 unspecified atom stereocenters. The topological polar surface area (TPSA) is 70.7 Å². The van der Waals surface area contributed by atoms with Crippen LogP contribution in [-0.4, -0.2) is 21.5 Å². The Morgan fingerprint density at radius 2 is 2.29 bits per heavy atom. The number of hydrogen-bond donors (Lipinski definition) is 2. The van der Waals surface area contributed by atoms with Crippen LogP contribution in [0.2, 0.25) is 0 Å². The summed E-state index contributed by atoms with van der Waals surface area (Å²) in [5.41, 5.74) is -0.162. The van der Waals surface area contributed by atoms with Gasteiger partial charge in [-0.2, -0.15) is 0 Å². The Balaban J connectivity index is 2.18. The lowest BCUT2D eigenvalue weighted by atomic mass is 10.4. The van der Waals surface area contributed by atoms with Gasteiger partial charge in [-0.3, -0.25) is 4.79 Å². The molecular formula is C11H12N4OS. The van der Waals surface area contributed by atoms with Crippen LogP contribution in [0.5, 0.6) is 0 Å². The summed E-state index contributed by atoms with van der Waals surface area (Å²) in [6.07, 6.45) is 1.48. The fourth-order valence-electron chi connectivity index (χ4n) is 1.25. The number of pyridine rings is 1. The van der Waals surface area contributed by atoms with Crippen molar-refractivity contribution in [3.8, 4) is 0 Å². The van der Waals surface area contributed by atoms with Gasteiger partial charge in [-0.1, -0.05) is 6.07 Å². The second kappa shape index (κ2) is 5.49. The van der Waals surface area contributed by atoms with E-state index in [4.69, 9.17) is 0 Å². The van der Waals surface area contributed by atoms with Crippen LogP contribution in [0.25, 0.3) is 0 Å². The zero-order chi connectivity index (χ0) is 12.1. The molecule has 0 radical (unpaired) electrons. The first kappa shape index (κ1) is 11.7. The summed E-state index contributed by atoms with van der Waals surface area (Å²) in [5, 5.41) is 4.46. The minimum absolute atomic E-state index is 0.162. The van der Waals surface area contributed by atoms with Crippen LogP contribution in [-0.2, 0) is 0 Å². The maximum atomic E-state index is 11.1. The van der Waals surface area contributed by atoms with Crippen LogP contribution >= 0.6 is 11.8 Å². The number of nitrogens with one attached hydrogen (secondary N) is 2. The number of hydrogen-bond acceptors (Lipinski definition) is 5. The van der Waals surface area contributed by atoms with Crippen LogP contribution in [0, 0.1) is 0 Å². The van der Waals surface area contributed by atoms with Gasteiger partial charge in [0.1, 0.15) is 10.8 Å². The fraction of sp³-hybridized carbons (Fsp3) is 0.182. The number of H-pyrrole nitrogens is 1. The van der Waals surface area contributed by atoms with E-state index in [1.54, 1.807) is 0 Å². The molecule has 5 nitrogen and oxygen atoms in total. The number of rotatable bonds is 4. The molecule has 2 heterocycles. The maximum Gasteiger partial charge on any atom is 0.251 e. The molecule has 2 rings (SSSR count). The van der Waals surface area contributed by atoms with Crippen molar-refractivity contribution in [2.24, 2.45) is 0 Å². The molecule has 0 fully saturated rings. The standard InChI is InChI=1S/C11H12N4OS/c1-2-12-8-4-3-5-10(14-8)17-11-13-7-6-9(16)15-11/h3-7H,2H2,1H3,(H,12,14)(H,13,15,16). The molecule has 0 atom stereocenters. The molecule has 17 heavy (non-hydrogen) atoms. The third-order valence-corrected chi connectivity index (χ3v) is 2.77. The monoisotopic (exact) mass is 248 g/mol. The van der Waals surface area contributed by atoms with Crippen molar-refractivity contribution in [1.29, 1.82) is 0 Å². The molecule has 2 aromatic heterocycles. The van der Waals surface area contributed by atoms with E-state index >= 15 is 0 Å². The van der Waals surface area contributed by atoms with Crippen molar-refractivity contribution in [1.82, 2.24) is 15.0 Å². The van der Waals surface area contributed by atoms with Crippen LogP contribution in [0.1, 0.15) is 6.92 Å². The van der Waals surface area contributed by atoms with Gasteiger partial charge in [-0.25, -0.2) is 9.97 Å². The second-order valence-corrected chi connectivity index (χ2v) is 4.24. The molecule has 88 valence electrons. The summed E-state index contributed by atoms with van der Waals surface area (Å²) in [5.74, 6) is 0.816. The van der Waals surface area contributed by atoms with Gasteiger partial charge in [0.15, 0.2) is 5.16 Å².